The molecule has 0 atom stereocenters. The van der Waals surface area contributed by atoms with Gasteiger partial charge in [-0.1, -0.05) is 0 Å². The number of ether oxygens (including phenoxy) is 2. The fraction of sp³-hybridized carbons (Fsp3) is 0.692. The smallest absolute Gasteiger partial charge is 0.219 e. The van der Waals surface area contributed by atoms with Gasteiger partial charge in [0, 0.05) is 19.7 Å². The van der Waals surface area contributed by atoms with Crippen molar-refractivity contribution in [2.45, 2.75) is 45.3 Å². The van der Waals surface area contributed by atoms with Gasteiger partial charge in [-0.15, -0.1) is 0 Å². The molecule has 0 aromatic carbocycles. The Kier molecular flexibility index (Phi) is 4.75. The standard InChI is InChI=1S/C13H21N3O2/c1-3-17-9-12-15-11(14-2)8-13(16-12)18-10-6-4-5-7-10/h8,10H,3-7,9H2,1-2H3,(H,14,15,16). The second-order valence-electron chi connectivity index (χ2n) is 4.42. The Labute approximate surface area is 108 Å². The first kappa shape index (κ1) is 13.1. The maximum absolute atomic E-state index is 5.89. The van der Waals surface area contributed by atoms with Crippen LogP contribution in [-0.2, 0) is 11.3 Å². The molecule has 1 N–H and O–H groups in total. The molecule has 1 fully saturated rings. The van der Waals surface area contributed by atoms with Gasteiger partial charge >= 0.3 is 0 Å². The summed E-state index contributed by atoms with van der Waals surface area (Å²) in [5.41, 5.74) is 0. The molecule has 1 saturated carbocycles. The highest BCUT2D eigenvalue weighted by Crippen LogP contribution is 2.24. The van der Waals surface area contributed by atoms with Crippen LogP contribution in [0.25, 0.3) is 0 Å². The van der Waals surface area contributed by atoms with Crippen molar-refractivity contribution in [1.29, 1.82) is 0 Å². The van der Waals surface area contributed by atoms with Crippen molar-refractivity contribution in [2.75, 3.05) is 19.0 Å². The van der Waals surface area contributed by atoms with Crippen LogP contribution < -0.4 is 10.1 Å². The summed E-state index contributed by atoms with van der Waals surface area (Å²) in [7, 11) is 1.84. The van der Waals surface area contributed by atoms with Crippen LogP contribution in [0.4, 0.5) is 5.82 Å². The highest BCUT2D eigenvalue weighted by atomic mass is 16.5. The predicted octanol–water partition coefficient (Wildman–Crippen LogP) is 2.38. The molecule has 5 nitrogen and oxygen atoms in total. The van der Waals surface area contributed by atoms with E-state index in [0.29, 0.717) is 31.0 Å². The van der Waals surface area contributed by atoms with E-state index in [-0.39, 0.29) is 0 Å². The number of hydrogen-bond acceptors (Lipinski definition) is 5. The summed E-state index contributed by atoms with van der Waals surface area (Å²) in [6.07, 6.45) is 5.06. The number of hydrogen-bond donors (Lipinski definition) is 1. The molecule has 0 spiro atoms. The molecule has 0 unspecified atom stereocenters. The number of anilines is 1. The average Bonchev–Trinajstić information content (AvgIpc) is 2.89. The Hall–Kier alpha value is -1.36. The molecule has 0 amide bonds. The quantitative estimate of drug-likeness (QED) is 0.841. The first-order valence-electron chi connectivity index (χ1n) is 6.62. The largest absolute Gasteiger partial charge is 0.474 e. The van der Waals surface area contributed by atoms with Crippen molar-refractivity contribution in [3.63, 3.8) is 0 Å². The molecule has 100 valence electrons. The lowest BCUT2D eigenvalue weighted by Crippen LogP contribution is -2.13. The minimum absolute atomic E-state index is 0.310. The molecule has 5 heteroatoms. The van der Waals surface area contributed by atoms with Gasteiger partial charge in [0.25, 0.3) is 0 Å². The van der Waals surface area contributed by atoms with Gasteiger partial charge in [-0.3, -0.25) is 0 Å². The van der Waals surface area contributed by atoms with Gasteiger partial charge in [0.15, 0.2) is 5.82 Å². The molecule has 2 rings (SSSR count). The van der Waals surface area contributed by atoms with Crippen LogP contribution in [-0.4, -0.2) is 29.7 Å². The summed E-state index contributed by atoms with van der Waals surface area (Å²) in [4.78, 5) is 8.72. The predicted molar refractivity (Wildman–Crippen MR) is 69.8 cm³/mol. The number of nitrogens with one attached hydrogen (secondary N) is 1. The Morgan fingerprint density at radius 2 is 2.11 bits per heavy atom. The van der Waals surface area contributed by atoms with Gasteiger partial charge in [-0.2, -0.15) is 4.98 Å². The zero-order valence-corrected chi connectivity index (χ0v) is 11.1. The van der Waals surface area contributed by atoms with E-state index in [1.807, 2.05) is 20.0 Å². The summed E-state index contributed by atoms with van der Waals surface area (Å²) in [6, 6.07) is 1.84. The minimum atomic E-state index is 0.310. The van der Waals surface area contributed by atoms with Crippen LogP contribution in [0.15, 0.2) is 6.07 Å². The van der Waals surface area contributed by atoms with Crippen molar-refractivity contribution in [2.24, 2.45) is 0 Å². The SMILES string of the molecule is CCOCc1nc(NC)cc(OC2CCCC2)n1. The lowest BCUT2D eigenvalue weighted by atomic mass is 10.3. The Bertz CT molecular complexity index is 378. The van der Waals surface area contributed by atoms with Gasteiger partial charge in [0.1, 0.15) is 18.5 Å². The third-order valence-corrected chi connectivity index (χ3v) is 3.03. The van der Waals surface area contributed by atoms with Crippen LogP contribution in [0.3, 0.4) is 0 Å². The molecule has 1 aliphatic carbocycles. The first-order chi connectivity index (χ1) is 8.81. The molecule has 0 bridgehead atoms. The minimum Gasteiger partial charge on any atom is -0.474 e. The lowest BCUT2D eigenvalue weighted by Gasteiger charge is -2.13. The zero-order valence-electron chi connectivity index (χ0n) is 11.1. The van der Waals surface area contributed by atoms with E-state index in [1.165, 1.54) is 12.8 Å². The molecule has 0 saturated heterocycles. The maximum atomic E-state index is 5.89. The van der Waals surface area contributed by atoms with Crippen LogP contribution in [0.2, 0.25) is 0 Å². The van der Waals surface area contributed by atoms with E-state index < -0.39 is 0 Å². The van der Waals surface area contributed by atoms with Gasteiger partial charge in [-0.25, -0.2) is 4.98 Å². The van der Waals surface area contributed by atoms with Crippen molar-refractivity contribution < 1.29 is 9.47 Å². The van der Waals surface area contributed by atoms with Gasteiger partial charge in [0.05, 0.1) is 0 Å². The topological polar surface area (TPSA) is 56.3 Å². The van der Waals surface area contributed by atoms with Crippen molar-refractivity contribution in [3.05, 3.63) is 11.9 Å². The van der Waals surface area contributed by atoms with Crippen molar-refractivity contribution in [3.8, 4) is 5.88 Å². The van der Waals surface area contributed by atoms with Crippen LogP contribution in [0.1, 0.15) is 38.4 Å². The Balaban J connectivity index is 2.06. The highest BCUT2D eigenvalue weighted by molar-refractivity contribution is 5.37. The third-order valence-electron chi connectivity index (χ3n) is 3.03. The van der Waals surface area contributed by atoms with Crippen LogP contribution in [0, 0.1) is 0 Å². The first-order valence-corrected chi connectivity index (χ1v) is 6.62. The lowest BCUT2D eigenvalue weighted by molar-refractivity contribution is 0.126. The van der Waals surface area contributed by atoms with Gasteiger partial charge in [0.2, 0.25) is 5.88 Å². The second-order valence-corrected chi connectivity index (χ2v) is 4.42. The fourth-order valence-electron chi connectivity index (χ4n) is 2.10. The van der Waals surface area contributed by atoms with E-state index in [2.05, 4.69) is 15.3 Å². The van der Waals surface area contributed by atoms with Crippen LogP contribution >= 0.6 is 0 Å². The Morgan fingerprint density at radius 1 is 1.33 bits per heavy atom. The molecule has 18 heavy (non-hydrogen) atoms. The van der Waals surface area contributed by atoms with Crippen LogP contribution in [0.5, 0.6) is 5.88 Å². The molecule has 0 radical (unpaired) electrons. The van der Waals surface area contributed by atoms with E-state index in [0.717, 1.165) is 18.7 Å². The summed E-state index contributed by atoms with van der Waals surface area (Å²) in [6.45, 7) is 3.04. The van der Waals surface area contributed by atoms with Crippen molar-refractivity contribution >= 4 is 5.82 Å². The summed E-state index contributed by atoms with van der Waals surface area (Å²) >= 11 is 0. The summed E-state index contributed by atoms with van der Waals surface area (Å²) < 4.78 is 11.2. The maximum Gasteiger partial charge on any atom is 0.219 e. The molecule has 1 aromatic heterocycles. The number of aromatic nitrogens is 2. The normalized spacial score (nSPS) is 15.9. The summed E-state index contributed by atoms with van der Waals surface area (Å²) in [5.74, 6) is 2.08. The van der Waals surface area contributed by atoms with Gasteiger partial charge in [-0.05, 0) is 32.6 Å². The van der Waals surface area contributed by atoms with Crippen molar-refractivity contribution in [1.82, 2.24) is 9.97 Å². The third kappa shape index (κ3) is 3.57. The molecular weight excluding hydrogens is 230 g/mol. The monoisotopic (exact) mass is 251 g/mol. The zero-order chi connectivity index (χ0) is 12.8. The molecule has 1 heterocycles. The highest BCUT2D eigenvalue weighted by Gasteiger charge is 2.17. The summed E-state index contributed by atoms with van der Waals surface area (Å²) in [5, 5.41) is 3.02. The fourth-order valence-corrected chi connectivity index (χ4v) is 2.10. The van der Waals surface area contributed by atoms with E-state index in [9.17, 15) is 0 Å². The molecule has 0 aliphatic heterocycles. The Morgan fingerprint density at radius 3 is 2.78 bits per heavy atom. The number of nitrogens with zero attached hydrogens (tertiary/aromatic N) is 2. The molecular formula is C13H21N3O2. The van der Waals surface area contributed by atoms with E-state index in [1.54, 1.807) is 0 Å². The second kappa shape index (κ2) is 6.54. The van der Waals surface area contributed by atoms with Gasteiger partial charge < -0.3 is 14.8 Å². The number of rotatable bonds is 6. The molecule has 1 aliphatic rings. The average molecular weight is 251 g/mol. The molecule has 1 aromatic rings. The van der Waals surface area contributed by atoms with E-state index in [4.69, 9.17) is 9.47 Å². The van der Waals surface area contributed by atoms with E-state index >= 15 is 0 Å².